The average Bonchev–Trinajstić information content (AvgIpc) is 2.49. The second kappa shape index (κ2) is 6.29. The third-order valence-electron chi connectivity index (χ3n) is 5.39. The van der Waals surface area contributed by atoms with Gasteiger partial charge in [0.1, 0.15) is 0 Å². The number of halogens is 1. The summed E-state index contributed by atoms with van der Waals surface area (Å²) in [5.74, 6) is 0. The first kappa shape index (κ1) is 15.4. The van der Waals surface area contributed by atoms with Gasteiger partial charge in [0.2, 0.25) is 0 Å². The third-order valence-corrected chi connectivity index (χ3v) is 6.05. The number of benzene rings is 1. The zero-order valence-electron chi connectivity index (χ0n) is 13.1. The van der Waals surface area contributed by atoms with E-state index in [0.29, 0.717) is 17.6 Å². The van der Waals surface area contributed by atoms with Crippen molar-refractivity contribution in [3.05, 3.63) is 28.2 Å². The summed E-state index contributed by atoms with van der Waals surface area (Å²) in [6.07, 6.45) is 8.35. The first-order valence-corrected chi connectivity index (χ1v) is 9.09. The maximum Gasteiger partial charge on any atom is 0.0670 e. The van der Waals surface area contributed by atoms with Crippen LogP contribution in [0.1, 0.15) is 51.0 Å². The summed E-state index contributed by atoms with van der Waals surface area (Å²) in [6, 6.07) is 7.13. The normalized spacial score (nSPS) is 27.4. The van der Waals surface area contributed by atoms with Crippen LogP contribution >= 0.6 is 15.9 Å². The molecule has 0 radical (unpaired) electrons. The lowest BCUT2D eigenvalue weighted by molar-refractivity contribution is -0.134. The smallest absolute Gasteiger partial charge is 0.0670 e. The van der Waals surface area contributed by atoms with Gasteiger partial charge in [-0.3, -0.25) is 0 Å². The summed E-state index contributed by atoms with van der Waals surface area (Å²) in [5.41, 5.74) is 2.89. The van der Waals surface area contributed by atoms with Crippen LogP contribution in [-0.4, -0.2) is 18.8 Å². The molecule has 2 aliphatic carbocycles. The Morgan fingerprint density at radius 2 is 2.05 bits per heavy atom. The Balaban J connectivity index is 1.75. The topological polar surface area (TPSA) is 21.3 Å². The molecule has 2 aliphatic rings. The molecular weight excluding hydrogens is 326 g/mol. The van der Waals surface area contributed by atoms with Crippen LogP contribution in [0, 0.1) is 12.3 Å². The highest BCUT2D eigenvalue weighted by atomic mass is 79.9. The molecule has 21 heavy (non-hydrogen) atoms. The van der Waals surface area contributed by atoms with Gasteiger partial charge in [0.15, 0.2) is 0 Å². The highest BCUT2D eigenvalue weighted by molar-refractivity contribution is 9.10. The van der Waals surface area contributed by atoms with E-state index >= 15 is 0 Å². The average molecular weight is 352 g/mol. The molecule has 2 saturated carbocycles. The molecule has 1 N–H and O–H groups in total. The molecule has 3 heteroatoms. The maximum absolute atomic E-state index is 6.04. The molecule has 1 spiro atoms. The minimum atomic E-state index is 0.374. The van der Waals surface area contributed by atoms with Crippen LogP contribution in [0.3, 0.4) is 0 Å². The fourth-order valence-corrected chi connectivity index (χ4v) is 4.80. The zero-order valence-corrected chi connectivity index (χ0v) is 14.7. The molecule has 0 bridgehead atoms. The van der Waals surface area contributed by atoms with E-state index in [0.717, 1.165) is 13.0 Å². The summed E-state index contributed by atoms with van der Waals surface area (Å²) in [7, 11) is 0. The van der Waals surface area contributed by atoms with E-state index in [9.17, 15) is 0 Å². The van der Waals surface area contributed by atoms with Gasteiger partial charge in [0, 0.05) is 28.2 Å². The van der Waals surface area contributed by atoms with Crippen molar-refractivity contribution in [3.8, 4) is 0 Å². The van der Waals surface area contributed by atoms with Crippen LogP contribution in [0.4, 0.5) is 5.69 Å². The van der Waals surface area contributed by atoms with Gasteiger partial charge in [0.25, 0.3) is 0 Å². The van der Waals surface area contributed by atoms with Gasteiger partial charge in [-0.1, -0.05) is 25.3 Å². The largest absolute Gasteiger partial charge is 0.381 e. The van der Waals surface area contributed by atoms with E-state index < -0.39 is 0 Å². The Kier molecular flexibility index (Phi) is 4.60. The maximum atomic E-state index is 6.04. The van der Waals surface area contributed by atoms with E-state index in [4.69, 9.17) is 4.74 Å². The summed E-state index contributed by atoms with van der Waals surface area (Å²) < 4.78 is 7.21. The molecule has 2 nitrogen and oxygen atoms in total. The molecule has 2 atom stereocenters. The second-order valence-electron chi connectivity index (χ2n) is 6.65. The highest BCUT2D eigenvalue weighted by Crippen LogP contribution is 2.54. The van der Waals surface area contributed by atoms with E-state index in [-0.39, 0.29) is 0 Å². The first-order chi connectivity index (χ1) is 10.2. The SMILES string of the molecule is CCOC1CC(Nc2ccc(C)cc2Br)C12CCCCC2. The molecule has 2 unspecified atom stereocenters. The van der Waals surface area contributed by atoms with Crippen molar-refractivity contribution in [2.24, 2.45) is 5.41 Å². The minimum absolute atomic E-state index is 0.374. The molecule has 0 heterocycles. The molecule has 0 aliphatic heterocycles. The number of aryl methyl sites for hydroxylation is 1. The van der Waals surface area contributed by atoms with Crippen molar-refractivity contribution in [2.75, 3.05) is 11.9 Å². The highest BCUT2D eigenvalue weighted by Gasteiger charge is 2.55. The van der Waals surface area contributed by atoms with Crippen molar-refractivity contribution >= 4 is 21.6 Å². The fraction of sp³-hybridized carbons (Fsp3) is 0.667. The van der Waals surface area contributed by atoms with Crippen LogP contribution in [0.25, 0.3) is 0 Å². The van der Waals surface area contributed by atoms with Crippen molar-refractivity contribution < 1.29 is 4.74 Å². The van der Waals surface area contributed by atoms with Gasteiger partial charge in [-0.2, -0.15) is 0 Å². The Bertz CT molecular complexity index is 496. The summed E-state index contributed by atoms with van der Waals surface area (Å²) in [6.45, 7) is 5.09. The molecule has 116 valence electrons. The van der Waals surface area contributed by atoms with Gasteiger partial charge >= 0.3 is 0 Å². The lowest BCUT2D eigenvalue weighted by atomic mass is 9.55. The van der Waals surface area contributed by atoms with Crippen molar-refractivity contribution in [2.45, 2.75) is 64.5 Å². The number of hydrogen-bond donors (Lipinski definition) is 1. The van der Waals surface area contributed by atoms with Gasteiger partial charge in [-0.05, 0) is 66.7 Å². The molecule has 0 amide bonds. The standard InChI is InChI=1S/C18H26BrNO/c1-3-21-17-12-16(18(17)9-5-4-6-10-18)20-15-8-7-13(2)11-14(15)19/h7-8,11,16-17,20H,3-6,9-10,12H2,1-2H3. The minimum Gasteiger partial charge on any atom is -0.381 e. The predicted molar refractivity (Wildman–Crippen MR) is 91.8 cm³/mol. The monoisotopic (exact) mass is 351 g/mol. The summed E-state index contributed by atoms with van der Waals surface area (Å²) >= 11 is 3.69. The molecule has 0 aromatic heterocycles. The predicted octanol–water partition coefficient (Wildman–Crippen LogP) is 5.30. The summed E-state index contributed by atoms with van der Waals surface area (Å²) in [4.78, 5) is 0. The van der Waals surface area contributed by atoms with Crippen LogP contribution in [-0.2, 0) is 4.74 Å². The van der Waals surface area contributed by atoms with Gasteiger partial charge in [0.05, 0.1) is 6.10 Å². The van der Waals surface area contributed by atoms with Crippen molar-refractivity contribution in [3.63, 3.8) is 0 Å². The molecule has 3 rings (SSSR count). The van der Waals surface area contributed by atoms with E-state index in [1.807, 2.05) is 0 Å². The number of rotatable bonds is 4. The third kappa shape index (κ3) is 2.87. The van der Waals surface area contributed by atoms with E-state index in [2.05, 4.69) is 53.3 Å². The van der Waals surface area contributed by atoms with Gasteiger partial charge in [-0.25, -0.2) is 0 Å². The van der Waals surface area contributed by atoms with Gasteiger partial charge < -0.3 is 10.1 Å². The van der Waals surface area contributed by atoms with E-state index in [1.165, 1.54) is 47.8 Å². The van der Waals surface area contributed by atoms with Gasteiger partial charge in [-0.15, -0.1) is 0 Å². The molecule has 2 fully saturated rings. The van der Waals surface area contributed by atoms with Crippen LogP contribution in [0.5, 0.6) is 0 Å². The molecule has 1 aromatic carbocycles. The Morgan fingerprint density at radius 3 is 2.71 bits per heavy atom. The Hall–Kier alpha value is -0.540. The number of anilines is 1. The Labute approximate surface area is 136 Å². The second-order valence-corrected chi connectivity index (χ2v) is 7.51. The zero-order chi connectivity index (χ0) is 14.9. The first-order valence-electron chi connectivity index (χ1n) is 8.30. The number of nitrogens with one attached hydrogen (secondary N) is 1. The Morgan fingerprint density at radius 1 is 1.29 bits per heavy atom. The number of hydrogen-bond acceptors (Lipinski definition) is 2. The van der Waals surface area contributed by atoms with Crippen molar-refractivity contribution in [1.82, 2.24) is 0 Å². The molecule has 0 saturated heterocycles. The van der Waals surface area contributed by atoms with E-state index in [1.54, 1.807) is 0 Å². The fourth-order valence-electron chi connectivity index (χ4n) is 4.19. The van der Waals surface area contributed by atoms with Crippen LogP contribution in [0.2, 0.25) is 0 Å². The quantitative estimate of drug-likeness (QED) is 0.794. The lowest BCUT2D eigenvalue weighted by Gasteiger charge is -2.58. The van der Waals surface area contributed by atoms with Crippen LogP contribution < -0.4 is 5.32 Å². The molecule has 1 aromatic rings. The van der Waals surface area contributed by atoms with Crippen molar-refractivity contribution in [1.29, 1.82) is 0 Å². The van der Waals surface area contributed by atoms with Crippen LogP contribution in [0.15, 0.2) is 22.7 Å². The summed E-state index contributed by atoms with van der Waals surface area (Å²) in [5, 5.41) is 3.80. The lowest BCUT2D eigenvalue weighted by Crippen LogP contribution is -2.62. The molecular formula is C18H26BrNO. The number of ether oxygens (including phenoxy) is 1.